The summed E-state index contributed by atoms with van der Waals surface area (Å²) in [4.78, 5) is 18.1. The van der Waals surface area contributed by atoms with Gasteiger partial charge in [-0.25, -0.2) is 0 Å². The predicted molar refractivity (Wildman–Crippen MR) is 123 cm³/mol. The van der Waals surface area contributed by atoms with E-state index in [1.165, 1.54) is 0 Å². The molecule has 8 heteroatoms. The fourth-order valence-corrected chi connectivity index (χ4v) is 4.55. The van der Waals surface area contributed by atoms with Crippen LogP contribution in [0.2, 0.25) is 0 Å². The molecule has 0 aliphatic rings. The van der Waals surface area contributed by atoms with Crippen LogP contribution in [0.1, 0.15) is 30.8 Å². The van der Waals surface area contributed by atoms with Gasteiger partial charge in [-0.3, -0.25) is 19.1 Å². The van der Waals surface area contributed by atoms with E-state index in [0.29, 0.717) is 19.5 Å². The number of nitrogens with one attached hydrogen (secondary N) is 1. The van der Waals surface area contributed by atoms with Gasteiger partial charge in [-0.05, 0) is 50.4 Å². The van der Waals surface area contributed by atoms with E-state index in [0.717, 1.165) is 33.2 Å². The Bertz CT molecular complexity index is 1150. The van der Waals surface area contributed by atoms with Gasteiger partial charge in [0, 0.05) is 30.4 Å². The molecule has 0 fully saturated rings. The van der Waals surface area contributed by atoms with Gasteiger partial charge in [0.25, 0.3) is 0 Å². The first kappa shape index (κ1) is 21.0. The van der Waals surface area contributed by atoms with Crippen molar-refractivity contribution in [2.45, 2.75) is 39.8 Å². The van der Waals surface area contributed by atoms with Gasteiger partial charge in [0.1, 0.15) is 0 Å². The van der Waals surface area contributed by atoms with Gasteiger partial charge in [0.2, 0.25) is 5.91 Å². The van der Waals surface area contributed by atoms with Crippen molar-refractivity contribution in [3.63, 3.8) is 0 Å². The number of thiophene rings is 1. The van der Waals surface area contributed by atoms with Crippen LogP contribution in [0.5, 0.6) is 0 Å². The maximum Gasteiger partial charge on any atom is 0.222 e. The summed E-state index contributed by atoms with van der Waals surface area (Å²) in [7, 11) is 0. The molecular formula is C23H26N6OS. The Morgan fingerprint density at radius 2 is 2.10 bits per heavy atom. The Morgan fingerprint density at radius 1 is 1.23 bits per heavy atom. The number of amides is 1. The molecule has 1 amide bonds. The number of hydrogen-bond acceptors (Lipinski definition) is 5. The summed E-state index contributed by atoms with van der Waals surface area (Å²) in [5, 5.41) is 14.1. The van der Waals surface area contributed by atoms with Crippen molar-refractivity contribution in [2.75, 3.05) is 6.54 Å². The highest BCUT2D eigenvalue weighted by atomic mass is 32.1. The van der Waals surface area contributed by atoms with Crippen molar-refractivity contribution < 1.29 is 4.79 Å². The third-order valence-electron chi connectivity index (χ3n) is 5.12. The minimum absolute atomic E-state index is 0.00910. The lowest BCUT2D eigenvalue weighted by Gasteiger charge is -2.14. The molecule has 0 aliphatic carbocycles. The maximum absolute atomic E-state index is 12.5. The number of rotatable bonds is 8. The molecule has 0 saturated carbocycles. The zero-order chi connectivity index (χ0) is 21.8. The molecule has 0 aromatic carbocycles. The van der Waals surface area contributed by atoms with Gasteiger partial charge in [0.05, 0.1) is 40.7 Å². The average molecular weight is 435 g/mol. The first-order valence-corrected chi connectivity index (χ1v) is 11.2. The number of pyridine rings is 1. The molecule has 0 saturated heterocycles. The van der Waals surface area contributed by atoms with E-state index in [2.05, 4.69) is 31.9 Å². The summed E-state index contributed by atoms with van der Waals surface area (Å²) < 4.78 is 3.86. The Morgan fingerprint density at radius 3 is 2.77 bits per heavy atom. The Labute approximate surface area is 185 Å². The number of aromatic nitrogens is 5. The van der Waals surface area contributed by atoms with Crippen molar-refractivity contribution in [3.8, 4) is 21.8 Å². The Balaban J connectivity index is 1.42. The molecular weight excluding hydrogens is 408 g/mol. The van der Waals surface area contributed by atoms with Gasteiger partial charge < -0.3 is 5.32 Å². The minimum atomic E-state index is 0.00910. The first-order chi connectivity index (χ1) is 15.0. The van der Waals surface area contributed by atoms with Crippen LogP contribution in [0.3, 0.4) is 0 Å². The van der Waals surface area contributed by atoms with Crippen LogP contribution in [0.4, 0.5) is 0 Å². The van der Waals surface area contributed by atoms with Crippen LogP contribution in [-0.4, -0.2) is 37.0 Å². The monoisotopic (exact) mass is 434 g/mol. The molecule has 4 rings (SSSR count). The molecule has 0 radical (unpaired) electrons. The summed E-state index contributed by atoms with van der Waals surface area (Å²) in [5.74, 6) is 0.00910. The maximum atomic E-state index is 12.5. The lowest BCUT2D eigenvalue weighted by atomic mass is 10.1. The van der Waals surface area contributed by atoms with Gasteiger partial charge in [-0.1, -0.05) is 12.1 Å². The molecule has 4 heterocycles. The van der Waals surface area contributed by atoms with Crippen molar-refractivity contribution >= 4 is 17.2 Å². The van der Waals surface area contributed by atoms with Gasteiger partial charge in [0.15, 0.2) is 0 Å². The molecule has 0 bridgehead atoms. The van der Waals surface area contributed by atoms with E-state index in [1.807, 2.05) is 66.7 Å². The fraction of sp³-hybridized carbons (Fsp3) is 0.304. The highest BCUT2D eigenvalue weighted by molar-refractivity contribution is 7.13. The fourth-order valence-electron chi connectivity index (χ4n) is 3.76. The lowest BCUT2D eigenvalue weighted by molar-refractivity contribution is -0.121. The van der Waals surface area contributed by atoms with Crippen molar-refractivity contribution in [3.05, 3.63) is 65.6 Å². The second-order valence-corrected chi connectivity index (χ2v) is 8.54. The number of nitrogens with zero attached hydrogens (tertiary/aromatic N) is 5. The molecule has 4 aromatic heterocycles. The van der Waals surface area contributed by atoms with Crippen LogP contribution >= 0.6 is 11.3 Å². The second-order valence-electron chi connectivity index (χ2n) is 7.60. The molecule has 1 N–H and O–H groups in total. The summed E-state index contributed by atoms with van der Waals surface area (Å²) in [6, 6.07) is 12.0. The summed E-state index contributed by atoms with van der Waals surface area (Å²) >= 11 is 1.67. The summed E-state index contributed by atoms with van der Waals surface area (Å²) in [6.45, 7) is 7.08. The molecule has 0 spiro atoms. The molecule has 160 valence electrons. The third kappa shape index (κ3) is 4.74. The molecule has 7 nitrogen and oxygen atoms in total. The molecule has 31 heavy (non-hydrogen) atoms. The smallest absolute Gasteiger partial charge is 0.222 e. The van der Waals surface area contributed by atoms with E-state index < -0.39 is 0 Å². The summed E-state index contributed by atoms with van der Waals surface area (Å²) in [6.07, 6.45) is 4.03. The third-order valence-corrected chi connectivity index (χ3v) is 6.00. The first-order valence-electron chi connectivity index (χ1n) is 10.3. The second kappa shape index (κ2) is 9.26. The normalized spacial score (nSPS) is 12.1. The van der Waals surface area contributed by atoms with Gasteiger partial charge >= 0.3 is 0 Å². The SMILES string of the molecule is Cc1cc(C)n([C@@H](C)CC(=O)NCCn2ncc(-c3ccccn3)c2-c2cccs2)n1. The van der Waals surface area contributed by atoms with Crippen LogP contribution in [0.15, 0.2) is 54.2 Å². The van der Waals surface area contributed by atoms with E-state index in [9.17, 15) is 4.79 Å². The highest BCUT2D eigenvalue weighted by Gasteiger charge is 2.17. The van der Waals surface area contributed by atoms with Gasteiger partial charge in [-0.15, -0.1) is 11.3 Å². The van der Waals surface area contributed by atoms with E-state index in [-0.39, 0.29) is 11.9 Å². The number of aryl methyl sites for hydroxylation is 2. The zero-order valence-corrected chi connectivity index (χ0v) is 18.8. The quantitative estimate of drug-likeness (QED) is 0.450. The zero-order valence-electron chi connectivity index (χ0n) is 17.9. The van der Waals surface area contributed by atoms with Crippen LogP contribution < -0.4 is 5.32 Å². The van der Waals surface area contributed by atoms with E-state index in [4.69, 9.17) is 0 Å². The largest absolute Gasteiger partial charge is 0.354 e. The van der Waals surface area contributed by atoms with Crippen molar-refractivity contribution in [1.29, 1.82) is 0 Å². The molecule has 0 aliphatic heterocycles. The Hall–Kier alpha value is -3.26. The van der Waals surface area contributed by atoms with E-state index >= 15 is 0 Å². The number of carbonyl (C=O) groups is 1. The molecule has 1 atom stereocenters. The highest BCUT2D eigenvalue weighted by Crippen LogP contribution is 2.33. The van der Waals surface area contributed by atoms with Crippen molar-refractivity contribution in [2.24, 2.45) is 0 Å². The standard InChI is InChI=1S/C23H26N6OS/c1-16-13-17(2)29(27-16)18(3)14-22(30)25-10-11-28-23(21-8-6-12-31-21)19(15-26-28)20-7-4-5-9-24-20/h4-9,12-13,15,18H,10-11,14H2,1-3H3,(H,25,30)/t18-/m0/s1. The minimum Gasteiger partial charge on any atom is -0.354 e. The number of hydrogen-bond donors (Lipinski definition) is 1. The average Bonchev–Trinajstić information content (AvgIpc) is 3.48. The Kier molecular flexibility index (Phi) is 6.27. The van der Waals surface area contributed by atoms with Crippen molar-refractivity contribution in [1.82, 2.24) is 29.9 Å². The lowest BCUT2D eigenvalue weighted by Crippen LogP contribution is -2.29. The molecule has 0 unspecified atom stereocenters. The summed E-state index contributed by atoms with van der Waals surface area (Å²) in [5.41, 5.74) is 4.94. The van der Waals surface area contributed by atoms with Crippen LogP contribution in [-0.2, 0) is 11.3 Å². The van der Waals surface area contributed by atoms with Gasteiger partial charge in [-0.2, -0.15) is 10.2 Å². The molecule has 4 aromatic rings. The van der Waals surface area contributed by atoms with E-state index in [1.54, 1.807) is 17.5 Å². The van der Waals surface area contributed by atoms with Crippen LogP contribution in [0.25, 0.3) is 21.8 Å². The predicted octanol–water partition coefficient (Wildman–Crippen LogP) is 4.25. The topological polar surface area (TPSA) is 77.6 Å². The number of carbonyl (C=O) groups excluding carboxylic acids is 1. The van der Waals surface area contributed by atoms with Crippen LogP contribution in [0, 0.1) is 13.8 Å².